The lowest BCUT2D eigenvalue weighted by Crippen LogP contribution is -2.34. The highest BCUT2D eigenvalue weighted by Crippen LogP contribution is 2.33. The average molecular weight is 457 g/mol. The quantitative estimate of drug-likeness (QED) is 0.444. The highest BCUT2D eigenvalue weighted by Gasteiger charge is 2.22. The van der Waals surface area contributed by atoms with E-state index in [0.717, 1.165) is 0 Å². The molecule has 7 heteroatoms. The van der Waals surface area contributed by atoms with E-state index in [9.17, 15) is 18.4 Å². The highest BCUT2D eigenvalue weighted by atomic mass is 19.1. The van der Waals surface area contributed by atoms with Crippen molar-refractivity contribution >= 4 is 17.7 Å². The standard InChI is InChI=1S/C26H30F2N2O3/c1-7-9-22(30-25(32)33-26(4,5)6)18-12-17(13-20(28)14-18)21-15-19(27)10-11-23(21)29-24(31)16(3)8-2/h7-8,10-16,22H,1-2,9H2,3-6H3,(H,29,31)(H,30,32). The smallest absolute Gasteiger partial charge is 0.408 e. The van der Waals surface area contributed by atoms with Gasteiger partial charge in [-0.1, -0.05) is 19.1 Å². The Morgan fingerprint density at radius 2 is 1.79 bits per heavy atom. The molecule has 2 aromatic rings. The lowest BCUT2D eigenvalue weighted by Gasteiger charge is -2.24. The van der Waals surface area contributed by atoms with Crippen LogP contribution in [-0.4, -0.2) is 17.6 Å². The van der Waals surface area contributed by atoms with Gasteiger partial charge in [0.25, 0.3) is 0 Å². The molecule has 0 aromatic heterocycles. The zero-order valence-corrected chi connectivity index (χ0v) is 19.4. The second-order valence-corrected chi connectivity index (χ2v) is 8.70. The Kier molecular flexibility index (Phi) is 8.51. The number of amides is 2. The number of carbonyl (C=O) groups excluding carboxylic acids is 2. The van der Waals surface area contributed by atoms with Crippen LogP contribution in [0.25, 0.3) is 11.1 Å². The molecule has 0 aliphatic heterocycles. The van der Waals surface area contributed by atoms with Crippen molar-refractivity contribution in [3.8, 4) is 11.1 Å². The van der Waals surface area contributed by atoms with Gasteiger partial charge in [0.15, 0.2) is 0 Å². The summed E-state index contributed by atoms with van der Waals surface area (Å²) in [6.07, 6.45) is 2.74. The fourth-order valence-corrected chi connectivity index (χ4v) is 3.08. The minimum atomic E-state index is -0.701. The van der Waals surface area contributed by atoms with Crippen molar-refractivity contribution in [2.45, 2.75) is 45.8 Å². The summed E-state index contributed by atoms with van der Waals surface area (Å²) in [6, 6.07) is 7.38. The summed E-state index contributed by atoms with van der Waals surface area (Å²) in [5.74, 6) is -1.92. The topological polar surface area (TPSA) is 67.4 Å². The van der Waals surface area contributed by atoms with E-state index in [2.05, 4.69) is 23.8 Å². The third-order valence-corrected chi connectivity index (χ3v) is 4.73. The number of carbonyl (C=O) groups is 2. The Hall–Kier alpha value is -3.48. The van der Waals surface area contributed by atoms with Crippen LogP contribution in [0.1, 0.15) is 45.7 Å². The fourth-order valence-electron chi connectivity index (χ4n) is 3.08. The molecule has 0 heterocycles. The number of benzene rings is 2. The molecule has 2 atom stereocenters. The maximum absolute atomic E-state index is 14.6. The molecular formula is C26H30F2N2O3. The largest absolute Gasteiger partial charge is 0.444 e. The van der Waals surface area contributed by atoms with E-state index in [1.54, 1.807) is 39.8 Å². The summed E-state index contributed by atoms with van der Waals surface area (Å²) in [6.45, 7) is 14.2. The molecule has 0 saturated carbocycles. The maximum Gasteiger partial charge on any atom is 0.408 e. The van der Waals surface area contributed by atoms with E-state index >= 15 is 0 Å². The molecule has 0 aliphatic rings. The Labute approximate surface area is 193 Å². The van der Waals surface area contributed by atoms with Crippen molar-refractivity contribution in [3.05, 3.63) is 78.9 Å². The molecule has 0 saturated heterocycles. The molecule has 33 heavy (non-hydrogen) atoms. The number of ether oxygens (including phenoxy) is 1. The van der Waals surface area contributed by atoms with E-state index in [-0.39, 0.29) is 5.91 Å². The number of hydrogen-bond donors (Lipinski definition) is 2. The Morgan fingerprint density at radius 1 is 1.09 bits per heavy atom. The lowest BCUT2D eigenvalue weighted by molar-refractivity contribution is -0.118. The number of rotatable bonds is 8. The number of alkyl carbamates (subject to hydrolysis) is 1. The molecule has 0 radical (unpaired) electrons. The summed E-state index contributed by atoms with van der Waals surface area (Å²) in [5.41, 5.74) is 0.706. The van der Waals surface area contributed by atoms with Crippen LogP contribution in [0, 0.1) is 17.6 Å². The first-order valence-corrected chi connectivity index (χ1v) is 10.6. The van der Waals surface area contributed by atoms with Crippen LogP contribution in [0.4, 0.5) is 19.3 Å². The van der Waals surface area contributed by atoms with E-state index in [0.29, 0.717) is 28.8 Å². The Morgan fingerprint density at radius 3 is 2.39 bits per heavy atom. The third kappa shape index (κ3) is 7.56. The predicted molar refractivity (Wildman–Crippen MR) is 127 cm³/mol. The van der Waals surface area contributed by atoms with Crippen LogP contribution < -0.4 is 10.6 Å². The molecule has 176 valence electrons. The molecule has 0 fully saturated rings. The third-order valence-electron chi connectivity index (χ3n) is 4.73. The van der Waals surface area contributed by atoms with Crippen molar-refractivity contribution in [1.82, 2.24) is 5.32 Å². The monoisotopic (exact) mass is 456 g/mol. The molecule has 2 unspecified atom stereocenters. The minimum absolute atomic E-state index is 0.301. The predicted octanol–water partition coefficient (Wildman–Crippen LogP) is 6.53. The molecule has 0 spiro atoms. The van der Waals surface area contributed by atoms with Crippen LogP contribution in [0.15, 0.2) is 61.7 Å². The van der Waals surface area contributed by atoms with Gasteiger partial charge in [-0.15, -0.1) is 13.2 Å². The SMILES string of the molecule is C=CCC(NC(=O)OC(C)(C)C)c1cc(F)cc(-c2cc(F)ccc2NC(=O)C(C)C=C)c1. The second-order valence-electron chi connectivity index (χ2n) is 8.70. The van der Waals surface area contributed by atoms with Gasteiger partial charge in [-0.05, 0) is 74.7 Å². The molecule has 2 rings (SSSR count). The zero-order chi connectivity index (χ0) is 24.8. The van der Waals surface area contributed by atoms with Crippen LogP contribution in [0.5, 0.6) is 0 Å². The van der Waals surface area contributed by atoms with Crippen LogP contribution in [0.3, 0.4) is 0 Å². The van der Waals surface area contributed by atoms with Gasteiger partial charge < -0.3 is 15.4 Å². The van der Waals surface area contributed by atoms with Crippen molar-refractivity contribution < 1.29 is 23.1 Å². The summed E-state index contributed by atoms with van der Waals surface area (Å²) < 4.78 is 34.0. The fraction of sp³-hybridized carbons (Fsp3) is 0.308. The van der Waals surface area contributed by atoms with Crippen LogP contribution >= 0.6 is 0 Å². The van der Waals surface area contributed by atoms with Gasteiger partial charge in [-0.3, -0.25) is 4.79 Å². The molecular weight excluding hydrogens is 426 g/mol. The molecule has 5 nitrogen and oxygen atoms in total. The molecule has 2 aromatic carbocycles. The van der Waals surface area contributed by atoms with Gasteiger partial charge in [-0.25, -0.2) is 13.6 Å². The number of nitrogens with one attached hydrogen (secondary N) is 2. The van der Waals surface area contributed by atoms with Crippen molar-refractivity contribution in [2.24, 2.45) is 5.92 Å². The van der Waals surface area contributed by atoms with Gasteiger partial charge in [0.1, 0.15) is 17.2 Å². The van der Waals surface area contributed by atoms with Gasteiger partial charge in [0.05, 0.1) is 12.0 Å². The summed E-state index contributed by atoms with van der Waals surface area (Å²) in [7, 11) is 0. The first kappa shape index (κ1) is 25.8. The zero-order valence-electron chi connectivity index (χ0n) is 19.4. The first-order chi connectivity index (χ1) is 15.4. The maximum atomic E-state index is 14.6. The van der Waals surface area contributed by atoms with E-state index in [4.69, 9.17) is 4.74 Å². The van der Waals surface area contributed by atoms with Gasteiger partial charge >= 0.3 is 6.09 Å². The normalized spacial score (nSPS) is 12.9. The highest BCUT2D eigenvalue weighted by molar-refractivity contribution is 5.97. The first-order valence-electron chi connectivity index (χ1n) is 10.6. The van der Waals surface area contributed by atoms with Gasteiger partial charge in [-0.2, -0.15) is 0 Å². The average Bonchev–Trinajstić information content (AvgIpc) is 2.72. The van der Waals surface area contributed by atoms with Crippen molar-refractivity contribution in [2.75, 3.05) is 5.32 Å². The van der Waals surface area contributed by atoms with E-state index in [1.165, 1.54) is 36.4 Å². The summed E-state index contributed by atoms with van der Waals surface area (Å²) in [4.78, 5) is 24.7. The second kappa shape index (κ2) is 10.9. The van der Waals surface area contributed by atoms with Gasteiger partial charge in [0.2, 0.25) is 5.91 Å². The van der Waals surface area contributed by atoms with E-state index < -0.39 is 35.3 Å². The van der Waals surface area contributed by atoms with Crippen molar-refractivity contribution in [3.63, 3.8) is 0 Å². The summed E-state index contributed by atoms with van der Waals surface area (Å²) in [5, 5.41) is 5.46. The number of hydrogen-bond acceptors (Lipinski definition) is 3. The summed E-state index contributed by atoms with van der Waals surface area (Å²) >= 11 is 0. The molecule has 0 aliphatic carbocycles. The molecule has 2 N–H and O–H groups in total. The Bertz CT molecular complexity index is 1040. The van der Waals surface area contributed by atoms with Crippen LogP contribution in [-0.2, 0) is 9.53 Å². The van der Waals surface area contributed by atoms with Crippen molar-refractivity contribution in [1.29, 1.82) is 0 Å². The number of halogens is 2. The lowest BCUT2D eigenvalue weighted by atomic mass is 9.96. The van der Waals surface area contributed by atoms with Gasteiger partial charge in [0, 0.05) is 11.3 Å². The minimum Gasteiger partial charge on any atom is -0.444 e. The molecule has 0 bridgehead atoms. The molecule has 2 amide bonds. The van der Waals surface area contributed by atoms with Crippen LogP contribution in [0.2, 0.25) is 0 Å². The Balaban J connectivity index is 2.47. The number of anilines is 1. The van der Waals surface area contributed by atoms with E-state index in [1.807, 2.05) is 0 Å².